The van der Waals surface area contributed by atoms with E-state index in [0.29, 0.717) is 11.6 Å². The lowest BCUT2D eigenvalue weighted by atomic mass is 10.3. The second-order valence-electron chi connectivity index (χ2n) is 7.13. The van der Waals surface area contributed by atoms with Crippen molar-refractivity contribution >= 4 is 40.8 Å². The zero-order chi connectivity index (χ0) is 22.3. The Kier molecular flexibility index (Phi) is 6.98. The molecule has 32 heavy (non-hydrogen) atoms. The molecular formula is C23H24N6O2S. The fourth-order valence-electron chi connectivity index (χ4n) is 3.07. The fraction of sp³-hybridized carbons (Fsp3) is 0.217. The largest absolute Gasteiger partial charge is 0.378 e. The van der Waals surface area contributed by atoms with Gasteiger partial charge in [-0.05, 0) is 49.4 Å². The summed E-state index contributed by atoms with van der Waals surface area (Å²) in [6, 6.07) is 11.5. The number of morpholine rings is 1. The third kappa shape index (κ3) is 5.63. The van der Waals surface area contributed by atoms with Gasteiger partial charge in [-0.25, -0.2) is 15.0 Å². The van der Waals surface area contributed by atoms with Crippen molar-refractivity contribution in [3.05, 3.63) is 67.0 Å². The van der Waals surface area contributed by atoms with Gasteiger partial charge in [-0.3, -0.25) is 4.79 Å². The minimum atomic E-state index is -0.236. The quantitative estimate of drug-likeness (QED) is 0.413. The summed E-state index contributed by atoms with van der Waals surface area (Å²) in [4.78, 5) is 28.2. The molecule has 3 aromatic rings. The minimum Gasteiger partial charge on any atom is -0.378 e. The smallest absolute Gasteiger partial charge is 0.247 e. The lowest BCUT2D eigenvalue weighted by molar-refractivity contribution is -0.111. The van der Waals surface area contributed by atoms with E-state index in [2.05, 4.69) is 37.1 Å². The van der Waals surface area contributed by atoms with E-state index in [1.54, 1.807) is 12.4 Å². The van der Waals surface area contributed by atoms with E-state index in [-0.39, 0.29) is 5.91 Å². The molecule has 3 heterocycles. The Labute approximate surface area is 191 Å². The van der Waals surface area contributed by atoms with Crippen LogP contribution in [0.3, 0.4) is 0 Å². The highest BCUT2D eigenvalue weighted by Gasteiger charge is 2.12. The molecule has 8 nitrogen and oxygen atoms in total. The van der Waals surface area contributed by atoms with Crippen LogP contribution in [0.25, 0.3) is 0 Å². The Morgan fingerprint density at radius 3 is 2.53 bits per heavy atom. The molecule has 9 heteroatoms. The number of rotatable bonds is 7. The molecule has 2 N–H and O–H groups in total. The number of pyridine rings is 1. The highest BCUT2D eigenvalue weighted by molar-refractivity contribution is 7.99. The van der Waals surface area contributed by atoms with Crippen LogP contribution in [-0.4, -0.2) is 47.2 Å². The van der Waals surface area contributed by atoms with Crippen LogP contribution in [0, 0.1) is 6.92 Å². The number of nitrogens with one attached hydrogen (secondary N) is 2. The molecule has 0 saturated carbocycles. The first kappa shape index (κ1) is 21.8. The highest BCUT2D eigenvalue weighted by Crippen LogP contribution is 2.30. The average molecular weight is 449 g/mol. The van der Waals surface area contributed by atoms with Crippen molar-refractivity contribution in [1.29, 1.82) is 0 Å². The van der Waals surface area contributed by atoms with E-state index >= 15 is 0 Å². The van der Waals surface area contributed by atoms with Gasteiger partial charge < -0.3 is 20.3 Å². The number of carbonyl (C=O) groups is 1. The zero-order valence-corrected chi connectivity index (χ0v) is 18.6. The van der Waals surface area contributed by atoms with Gasteiger partial charge in [0, 0.05) is 35.4 Å². The van der Waals surface area contributed by atoms with Gasteiger partial charge in [-0.1, -0.05) is 18.3 Å². The molecule has 1 aliphatic heterocycles. The molecule has 0 unspecified atom stereocenters. The zero-order valence-electron chi connectivity index (χ0n) is 17.7. The highest BCUT2D eigenvalue weighted by atomic mass is 32.2. The van der Waals surface area contributed by atoms with Crippen molar-refractivity contribution in [3.8, 4) is 0 Å². The first-order chi connectivity index (χ1) is 15.6. The molecule has 1 saturated heterocycles. The minimum absolute atomic E-state index is 0.236. The van der Waals surface area contributed by atoms with Gasteiger partial charge in [0.2, 0.25) is 11.9 Å². The maximum atomic E-state index is 11.4. The fourth-order valence-corrected chi connectivity index (χ4v) is 3.91. The second kappa shape index (κ2) is 10.3. The topological polar surface area (TPSA) is 92.3 Å². The number of nitrogens with zero attached hydrogens (tertiary/aromatic N) is 4. The predicted molar refractivity (Wildman–Crippen MR) is 127 cm³/mol. The molecule has 1 aliphatic rings. The van der Waals surface area contributed by atoms with Crippen LogP contribution < -0.4 is 15.5 Å². The van der Waals surface area contributed by atoms with E-state index in [4.69, 9.17) is 4.74 Å². The maximum Gasteiger partial charge on any atom is 0.247 e. The summed E-state index contributed by atoms with van der Waals surface area (Å²) in [5.74, 6) is 1.21. The van der Waals surface area contributed by atoms with Crippen molar-refractivity contribution in [3.63, 3.8) is 0 Å². The number of hydrogen-bond donors (Lipinski definition) is 2. The molecule has 1 amide bonds. The number of hydrogen-bond acceptors (Lipinski definition) is 8. The van der Waals surface area contributed by atoms with Crippen LogP contribution in [-0.2, 0) is 9.53 Å². The van der Waals surface area contributed by atoms with E-state index < -0.39 is 0 Å². The second-order valence-corrected chi connectivity index (χ2v) is 8.19. The third-order valence-corrected chi connectivity index (χ3v) is 5.90. The van der Waals surface area contributed by atoms with Gasteiger partial charge in [-0.2, -0.15) is 0 Å². The molecule has 1 aromatic carbocycles. The third-order valence-electron chi connectivity index (χ3n) is 4.79. The molecule has 1 fully saturated rings. The van der Waals surface area contributed by atoms with E-state index in [1.807, 2.05) is 43.3 Å². The van der Waals surface area contributed by atoms with Crippen LogP contribution in [0.2, 0.25) is 0 Å². The summed E-state index contributed by atoms with van der Waals surface area (Å²) < 4.78 is 5.39. The van der Waals surface area contributed by atoms with E-state index in [0.717, 1.165) is 53.3 Å². The lowest BCUT2D eigenvalue weighted by Crippen LogP contribution is -2.36. The van der Waals surface area contributed by atoms with Crippen molar-refractivity contribution in [2.24, 2.45) is 0 Å². The van der Waals surface area contributed by atoms with Gasteiger partial charge >= 0.3 is 0 Å². The summed E-state index contributed by atoms with van der Waals surface area (Å²) >= 11 is 1.54. The van der Waals surface area contributed by atoms with Crippen LogP contribution in [0.5, 0.6) is 0 Å². The molecule has 0 bridgehead atoms. The van der Waals surface area contributed by atoms with Crippen molar-refractivity contribution in [2.45, 2.75) is 16.8 Å². The van der Waals surface area contributed by atoms with E-state index in [9.17, 15) is 4.79 Å². The number of anilines is 4. The molecule has 0 radical (unpaired) electrons. The summed E-state index contributed by atoms with van der Waals surface area (Å²) in [6.07, 6.45) is 4.83. The first-order valence-electron chi connectivity index (χ1n) is 10.2. The Morgan fingerprint density at radius 1 is 1.09 bits per heavy atom. The van der Waals surface area contributed by atoms with E-state index in [1.165, 1.54) is 17.8 Å². The van der Waals surface area contributed by atoms with Crippen molar-refractivity contribution in [1.82, 2.24) is 15.0 Å². The molecule has 2 aromatic heterocycles. The number of amides is 1. The molecule has 4 rings (SSSR count). The Balaban J connectivity index is 1.42. The summed E-state index contributed by atoms with van der Waals surface area (Å²) in [5.41, 5.74) is 2.52. The Hall–Kier alpha value is -3.43. The Bertz CT molecular complexity index is 1080. The van der Waals surface area contributed by atoms with Crippen molar-refractivity contribution in [2.75, 3.05) is 41.8 Å². The molecular weight excluding hydrogens is 424 g/mol. The van der Waals surface area contributed by atoms with Crippen LogP contribution in [0.1, 0.15) is 5.56 Å². The predicted octanol–water partition coefficient (Wildman–Crippen LogP) is 4.04. The molecule has 0 spiro atoms. The standard InChI is InChI=1S/C23H24N6O2S/c1-3-21(30)26-17-4-7-19(8-5-17)32-22-16(2)14-25-23(28-22)27-18-6-9-20(24-15-18)29-10-12-31-13-11-29/h3-9,14-15H,1,10-13H2,2H3,(H,26,30)(H,25,27,28). The van der Waals surface area contributed by atoms with Gasteiger partial charge in [-0.15, -0.1) is 0 Å². The SMILES string of the molecule is C=CC(=O)Nc1ccc(Sc2nc(Nc3ccc(N4CCOCC4)nc3)ncc2C)cc1. The summed E-state index contributed by atoms with van der Waals surface area (Å²) in [5, 5.41) is 6.81. The molecule has 164 valence electrons. The Morgan fingerprint density at radius 2 is 1.84 bits per heavy atom. The number of ether oxygens (including phenoxy) is 1. The number of aromatic nitrogens is 3. The molecule has 0 atom stereocenters. The van der Waals surface area contributed by atoms with Crippen molar-refractivity contribution < 1.29 is 9.53 Å². The van der Waals surface area contributed by atoms with Crippen LogP contribution in [0.4, 0.5) is 23.1 Å². The number of carbonyl (C=O) groups excluding carboxylic acids is 1. The lowest BCUT2D eigenvalue weighted by Gasteiger charge is -2.27. The van der Waals surface area contributed by atoms with Gasteiger partial charge in [0.05, 0.1) is 25.1 Å². The van der Waals surface area contributed by atoms with Crippen LogP contribution in [0.15, 0.2) is 71.4 Å². The molecule has 0 aliphatic carbocycles. The maximum absolute atomic E-state index is 11.4. The van der Waals surface area contributed by atoms with Gasteiger partial charge in [0.15, 0.2) is 0 Å². The van der Waals surface area contributed by atoms with Crippen LogP contribution >= 0.6 is 11.8 Å². The number of benzene rings is 1. The van der Waals surface area contributed by atoms with Gasteiger partial charge in [0.1, 0.15) is 10.8 Å². The average Bonchev–Trinajstić information content (AvgIpc) is 2.83. The van der Waals surface area contributed by atoms with Gasteiger partial charge in [0.25, 0.3) is 0 Å². The summed E-state index contributed by atoms with van der Waals surface area (Å²) in [6.45, 7) is 8.59. The normalized spacial score (nSPS) is 13.5. The first-order valence-corrected chi connectivity index (χ1v) is 11.0. The number of aryl methyl sites for hydroxylation is 1. The monoisotopic (exact) mass is 448 g/mol. The summed E-state index contributed by atoms with van der Waals surface area (Å²) in [7, 11) is 0.